The highest BCUT2D eigenvalue weighted by Gasteiger charge is 2.47. The lowest BCUT2D eigenvalue weighted by molar-refractivity contribution is -0.144. The number of nitrogens with zero attached hydrogens (tertiary/aromatic N) is 2. The maximum absolute atomic E-state index is 12.0. The van der Waals surface area contributed by atoms with Crippen LogP contribution in [0.25, 0.3) is 0 Å². The van der Waals surface area contributed by atoms with Gasteiger partial charge in [0, 0.05) is 7.05 Å². The summed E-state index contributed by atoms with van der Waals surface area (Å²) in [6.45, 7) is 2.40. The quantitative estimate of drug-likeness (QED) is 0.640. The van der Waals surface area contributed by atoms with Crippen molar-refractivity contribution in [2.45, 2.75) is 25.8 Å². The number of hydrogen-bond acceptors (Lipinski definition) is 4. The minimum Gasteiger partial charge on any atom is -0.480 e. The SMILES string of the molecule is CCC1(C)NC(=O)N(CC(=O)N(C)CC(=O)O)C1=O. The number of amides is 4. The number of carbonyl (C=O) groups excluding carboxylic acids is 3. The summed E-state index contributed by atoms with van der Waals surface area (Å²) in [6.07, 6.45) is 0.410. The molecule has 0 radical (unpaired) electrons. The van der Waals surface area contributed by atoms with Gasteiger partial charge in [-0.15, -0.1) is 0 Å². The Labute approximate surface area is 110 Å². The van der Waals surface area contributed by atoms with Crippen molar-refractivity contribution in [3.63, 3.8) is 0 Å². The molecule has 106 valence electrons. The summed E-state index contributed by atoms with van der Waals surface area (Å²) in [5, 5.41) is 11.1. The first kappa shape index (κ1) is 14.9. The third-order valence-electron chi connectivity index (χ3n) is 3.14. The first-order chi connectivity index (χ1) is 8.71. The Bertz CT molecular complexity index is 436. The molecule has 1 rings (SSSR count). The Morgan fingerprint density at radius 3 is 2.42 bits per heavy atom. The first-order valence-electron chi connectivity index (χ1n) is 5.81. The van der Waals surface area contributed by atoms with Crippen molar-refractivity contribution in [2.75, 3.05) is 20.1 Å². The van der Waals surface area contributed by atoms with Gasteiger partial charge in [-0.05, 0) is 13.3 Å². The van der Waals surface area contributed by atoms with Gasteiger partial charge in [-0.25, -0.2) is 4.79 Å². The molecule has 1 unspecified atom stereocenters. The zero-order chi connectivity index (χ0) is 14.8. The fraction of sp³-hybridized carbons (Fsp3) is 0.636. The van der Waals surface area contributed by atoms with Crippen molar-refractivity contribution >= 4 is 23.8 Å². The van der Waals surface area contributed by atoms with E-state index in [4.69, 9.17) is 5.11 Å². The Kier molecular flexibility index (Phi) is 4.13. The Hall–Kier alpha value is -2.12. The lowest BCUT2D eigenvalue weighted by atomic mass is 9.99. The zero-order valence-electron chi connectivity index (χ0n) is 11.1. The number of rotatable bonds is 5. The van der Waals surface area contributed by atoms with Crippen LogP contribution in [0.3, 0.4) is 0 Å². The average molecular weight is 271 g/mol. The Morgan fingerprint density at radius 1 is 1.42 bits per heavy atom. The molecular formula is C11H17N3O5. The normalized spacial score (nSPS) is 22.4. The van der Waals surface area contributed by atoms with E-state index < -0.39 is 42.4 Å². The van der Waals surface area contributed by atoms with Crippen LogP contribution in [0.5, 0.6) is 0 Å². The molecule has 4 amide bonds. The third-order valence-corrected chi connectivity index (χ3v) is 3.14. The number of carboxylic acid groups (broad SMARTS) is 1. The summed E-state index contributed by atoms with van der Waals surface area (Å²) >= 11 is 0. The second-order valence-corrected chi connectivity index (χ2v) is 4.65. The standard InChI is InChI=1S/C11H17N3O5/c1-4-11(2)9(18)14(10(19)12-11)5-7(15)13(3)6-8(16)17/h4-6H2,1-3H3,(H,12,19)(H,16,17). The van der Waals surface area contributed by atoms with Crippen molar-refractivity contribution in [3.8, 4) is 0 Å². The van der Waals surface area contributed by atoms with Crippen LogP contribution in [0.4, 0.5) is 4.79 Å². The molecule has 8 heteroatoms. The van der Waals surface area contributed by atoms with Gasteiger partial charge in [0.15, 0.2) is 0 Å². The number of likely N-dealkylation sites (N-methyl/N-ethyl adjacent to an activating group) is 1. The van der Waals surface area contributed by atoms with Gasteiger partial charge in [-0.2, -0.15) is 0 Å². The predicted molar refractivity (Wildman–Crippen MR) is 64.2 cm³/mol. The maximum atomic E-state index is 12.0. The van der Waals surface area contributed by atoms with Crippen molar-refractivity contribution in [1.29, 1.82) is 0 Å². The van der Waals surface area contributed by atoms with Gasteiger partial charge in [-0.3, -0.25) is 19.3 Å². The highest BCUT2D eigenvalue weighted by atomic mass is 16.4. The second kappa shape index (κ2) is 5.25. The maximum Gasteiger partial charge on any atom is 0.325 e. The third kappa shape index (κ3) is 3.01. The number of carbonyl (C=O) groups is 4. The second-order valence-electron chi connectivity index (χ2n) is 4.65. The summed E-state index contributed by atoms with van der Waals surface area (Å²) in [6, 6.07) is -0.633. The van der Waals surface area contributed by atoms with E-state index in [1.165, 1.54) is 7.05 Å². The number of aliphatic carboxylic acids is 1. The Balaban J connectivity index is 2.72. The topological polar surface area (TPSA) is 107 Å². The van der Waals surface area contributed by atoms with Crippen LogP contribution in [-0.4, -0.2) is 64.4 Å². The van der Waals surface area contributed by atoms with E-state index in [1.54, 1.807) is 13.8 Å². The average Bonchev–Trinajstić information content (AvgIpc) is 2.52. The van der Waals surface area contributed by atoms with Crippen LogP contribution in [0.15, 0.2) is 0 Å². The molecular weight excluding hydrogens is 254 g/mol. The molecule has 1 saturated heterocycles. The van der Waals surface area contributed by atoms with E-state index in [2.05, 4.69) is 5.32 Å². The molecule has 8 nitrogen and oxygen atoms in total. The van der Waals surface area contributed by atoms with Crippen molar-refractivity contribution in [2.24, 2.45) is 0 Å². The summed E-state index contributed by atoms with van der Waals surface area (Å²) in [5.41, 5.74) is -0.997. The molecule has 1 fully saturated rings. The summed E-state index contributed by atoms with van der Waals surface area (Å²) in [5.74, 6) is -2.24. The molecule has 1 aliphatic heterocycles. The highest BCUT2D eigenvalue weighted by Crippen LogP contribution is 2.20. The number of urea groups is 1. The highest BCUT2D eigenvalue weighted by molar-refractivity contribution is 6.08. The lowest BCUT2D eigenvalue weighted by Gasteiger charge is -2.20. The van der Waals surface area contributed by atoms with Crippen LogP contribution in [0.1, 0.15) is 20.3 Å². The summed E-state index contributed by atoms with van der Waals surface area (Å²) in [4.78, 5) is 47.6. The van der Waals surface area contributed by atoms with Crippen LogP contribution >= 0.6 is 0 Å². The van der Waals surface area contributed by atoms with Crippen molar-refractivity contribution in [3.05, 3.63) is 0 Å². The molecule has 0 saturated carbocycles. The van der Waals surface area contributed by atoms with Crippen LogP contribution < -0.4 is 5.32 Å². The van der Waals surface area contributed by atoms with Crippen molar-refractivity contribution < 1.29 is 24.3 Å². The fourth-order valence-corrected chi connectivity index (χ4v) is 1.68. The fourth-order valence-electron chi connectivity index (χ4n) is 1.68. The lowest BCUT2D eigenvalue weighted by Crippen LogP contribution is -2.45. The summed E-state index contributed by atoms with van der Waals surface area (Å²) < 4.78 is 0. The van der Waals surface area contributed by atoms with E-state index >= 15 is 0 Å². The van der Waals surface area contributed by atoms with E-state index in [-0.39, 0.29) is 0 Å². The first-order valence-corrected chi connectivity index (χ1v) is 5.81. The largest absolute Gasteiger partial charge is 0.480 e. The number of carboxylic acids is 1. The van der Waals surface area contributed by atoms with Gasteiger partial charge in [0.05, 0.1) is 0 Å². The minimum atomic E-state index is -1.16. The molecule has 1 heterocycles. The molecule has 1 aliphatic rings. The van der Waals surface area contributed by atoms with Gasteiger partial charge in [-0.1, -0.05) is 6.92 Å². The van der Waals surface area contributed by atoms with Gasteiger partial charge in [0.2, 0.25) is 5.91 Å². The number of nitrogens with one attached hydrogen (secondary N) is 1. The Morgan fingerprint density at radius 2 is 2.00 bits per heavy atom. The molecule has 0 aromatic rings. The minimum absolute atomic E-state index is 0.410. The van der Waals surface area contributed by atoms with Gasteiger partial charge < -0.3 is 15.3 Å². The predicted octanol–water partition coefficient (Wildman–Crippen LogP) is -0.750. The molecule has 1 atom stereocenters. The van der Waals surface area contributed by atoms with E-state index in [0.717, 1.165) is 9.80 Å². The van der Waals surface area contributed by atoms with Gasteiger partial charge in [0.1, 0.15) is 18.6 Å². The number of hydrogen-bond donors (Lipinski definition) is 2. The molecule has 0 aromatic carbocycles. The van der Waals surface area contributed by atoms with E-state index in [9.17, 15) is 19.2 Å². The molecule has 19 heavy (non-hydrogen) atoms. The van der Waals surface area contributed by atoms with E-state index in [1.807, 2.05) is 0 Å². The molecule has 2 N–H and O–H groups in total. The molecule has 0 aliphatic carbocycles. The summed E-state index contributed by atoms with van der Waals surface area (Å²) in [7, 11) is 1.30. The van der Waals surface area contributed by atoms with Gasteiger partial charge in [0.25, 0.3) is 5.91 Å². The zero-order valence-corrected chi connectivity index (χ0v) is 11.1. The van der Waals surface area contributed by atoms with Crippen LogP contribution in [0.2, 0.25) is 0 Å². The molecule has 0 aromatic heterocycles. The van der Waals surface area contributed by atoms with Gasteiger partial charge >= 0.3 is 12.0 Å². The van der Waals surface area contributed by atoms with E-state index in [0.29, 0.717) is 6.42 Å². The molecule has 0 spiro atoms. The van der Waals surface area contributed by atoms with Crippen LogP contribution in [0, 0.1) is 0 Å². The monoisotopic (exact) mass is 271 g/mol. The number of imide groups is 1. The molecule has 0 bridgehead atoms. The smallest absolute Gasteiger partial charge is 0.325 e. The van der Waals surface area contributed by atoms with Crippen molar-refractivity contribution in [1.82, 2.24) is 15.1 Å². The van der Waals surface area contributed by atoms with Crippen LogP contribution in [-0.2, 0) is 14.4 Å².